The molecule has 0 spiro atoms. The van der Waals surface area contributed by atoms with Crippen molar-refractivity contribution in [1.82, 2.24) is 9.55 Å². The van der Waals surface area contributed by atoms with E-state index in [-0.39, 0.29) is 5.97 Å². The van der Waals surface area contributed by atoms with Crippen molar-refractivity contribution in [3.63, 3.8) is 0 Å². The van der Waals surface area contributed by atoms with Crippen LogP contribution in [-0.4, -0.2) is 27.5 Å². The summed E-state index contributed by atoms with van der Waals surface area (Å²) in [5.41, 5.74) is 3.22. The van der Waals surface area contributed by atoms with Gasteiger partial charge in [0, 0.05) is 11.9 Å². The lowest BCUT2D eigenvalue weighted by Gasteiger charge is -2.06. The van der Waals surface area contributed by atoms with Gasteiger partial charge in [-0.1, -0.05) is 15.9 Å². The molecule has 0 aliphatic heterocycles. The van der Waals surface area contributed by atoms with Crippen LogP contribution in [0.25, 0.3) is 10.3 Å². The highest BCUT2D eigenvalue weighted by Crippen LogP contribution is 2.23. The predicted octanol–water partition coefficient (Wildman–Crippen LogP) is 2.67. The molecule has 86 valence electrons. The largest absolute Gasteiger partial charge is 0.461 e. The van der Waals surface area contributed by atoms with Crippen LogP contribution in [0.3, 0.4) is 0 Å². The first-order chi connectivity index (χ1) is 7.77. The van der Waals surface area contributed by atoms with Gasteiger partial charge in [-0.15, -0.1) is 11.3 Å². The lowest BCUT2D eigenvalue weighted by Crippen LogP contribution is -2.12. The highest BCUT2D eigenvalue weighted by atomic mass is 79.9. The van der Waals surface area contributed by atoms with E-state index in [1.807, 2.05) is 4.57 Å². The zero-order valence-corrected chi connectivity index (χ0v) is 11.2. The molecule has 0 saturated heterocycles. The number of aromatic nitrogens is 2. The molecule has 0 saturated carbocycles. The molecule has 2 aromatic heterocycles. The van der Waals surface area contributed by atoms with Gasteiger partial charge in [0.25, 0.3) is 0 Å². The summed E-state index contributed by atoms with van der Waals surface area (Å²) in [5.74, 6) is -0.284. The summed E-state index contributed by atoms with van der Waals surface area (Å²) in [5, 5.41) is 0.793. The monoisotopic (exact) mass is 302 g/mol. The van der Waals surface area contributed by atoms with Crippen molar-refractivity contribution in [2.75, 3.05) is 11.9 Å². The number of hydrogen-bond acceptors (Lipinski definition) is 4. The van der Waals surface area contributed by atoms with Crippen molar-refractivity contribution in [3.05, 3.63) is 17.3 Å². The Balaban J connectivity index is 2.46. The van der Waals surface area contributed by atoms with Gasteiger partial charge in [-0.3, -0.25) is 0 Å². The summed E-state index contributed by atoms with van der Waals surface area (Å²) >= 11 is 4.91. The minimum absolute atomic E-state index is 0.284. The molecule has 0 radical (unpaired) electrons. The fraction of sp³-hybridized carbons (Fsp3) is 0.400. The van der Waals surface area contributed by atoms with Crippen molar-refractivity contribution in [3.8, 4) is 0 Å². The Morgan fingerprint density at radius 1 is 1.69 bits per heavy atom. The SMILES string of the molecule is CCOC(=O)c1cc2ncsc2n1CCBr. The Morgan fingerprint density at radius 3 is 3.19 bits per heavy atom. The van der Waals surface area contributed by atoms with Gasteiger partial charge in [0.2, 0.25) is 0 Å². The van der Waals surface area contributed by atoms with Crippen molar-refractivity contribution >= 4 is 43.6 Å². The maximum Gasteiger partial charge on any atom is 0.355 e. The number of aryl methyl sites for hydroxylation is 1. The van der Waals surface area contributed by atoms with E-state index in [4.69, 9.17) is 4.74 Å². The number of carbonyl (C=O) groups excluding carboxylic acids is 1. The second-order valence-electron chi connectivity index (χ2n) is 3.13. The number of alkyl halides is 1. The van der Waals surface area contributed by atoms with Crippen molar-refractivity contribution < 1.29 is 9.53 Å². The molecular formula is C10H11BrN2O2S. The molecule has 0 unspecified atom stereocenters. The van der Waals surface area contributed by atoms with Crippen molar-refractivity contribution in [2.45, 2.75) is 13.5 Å². The van der Waals surface area contributed by atoms with Crippen LogP contribution in [0.1, 0.15) is 17.4 Å². The van der Waals surface area contributed by atoms with Crippen molar-refractivity contribution in [1.29, 1.82) is 0 Å². The maximum atomic E-state index is 11.7. The van der Waals surface area contributed by atoms with Gasteiger partial charge in [0.05, 0.1) is 12.1 Å². The fourth-order valence-electron chi connectivity index (χ4n) is 1.55. The van der Waals surface area contributed by atoms with E-state index in [0.717, 1.165) is 22.2 Å². The number of ether oxygens (including phenoxy) is 1. The van der Waals surface area contributed by atoms with Gasteiger partial charge < -0.3 is 9.30 Å². The molecular weight excluding hydrogens is 292 g/mol. The Kier molecular flexibility index (Phi) is 3.60. The number of nitrogens with zero attached hydrogens (tertiary/aromatic N) is 2. The van der Waals surface area contributed by atoms with Crippen molar-refractivity contribution in [2.24, 2.45) is 0 Å². The summed E-state index contributed by atoms with van der Waals surface area (Å²) in [6.45, 7) is 2.93. The van der Waals surface area contributed by atoms with Crippen LogP contribution in [0.15, 0.2) is 11.6 Å². The second-order valence-corrected chi connectivity index (χ2v) is 4.76. The quantitative estimate of drug-likeness (QED) is 0.644. The van der Waals surface area contributed by atoms with Crippen LogP contribution < -0.4 is 0 Å². The topological polar surface area (TPSA) is 44.1 Å². The van der Waals surface area contributed by atoms with Gasteiger partial charge in [0.1, 0.15) is 16.0 Å². The van der Waals surface area contributed by atoms with Gasteiger partial charge in [-0.25, -0.2) is 9.78 Å². The number of esters is 1. The molecule has 0 aromatic carbocycles. The van der Waals surface area contributed by atoms with E-state index in [9.17, 15) is 4.79 Å². The lowest BCUT2D eigenvalue weighted by atomic mass is 10.4. The molecule has 0 aliphatic carbocycles. The van der Waals surface area contributed by atoms with E-state index in [2.05, 4.69) is 20.9 Å². The molecule has 0 fully saturated rings. The average Bonchev–Trinajstić information content (AvgIpc) is 2.81. The van der Waals surface area contributed by atoms with E-state index in [1.54, 1.807) is 18.5 Å². The third kappa shape index (κ3) is 1.99. The van der Waals surface area contributed by atoms with Crippen LogP contribution in [0, 0.1) is 0 Å². The van der Waals surface area contributed by atoms with E-state index in [0.29, 0.717) is 12.3 Å². The molecule has 6 heteroatoms. The highest BCUT2D eigenvalue weighted by Gasteiger charge is 2.17. The van der Waals surface area contributed by atoms with Gasteiger partial charge in [0.15, 0.2) is 0 Å². The molecule has 0 amide bonds. The van der Waals surface area contributed by atoms with E-state index in [1.165, 1.54) is 11.3 Å². The summed E-state index contributed by atoms with van der Waals surface area (Å²) in [6.07, 6.45) is 0. The maximum absolute atomic E-state index is 11.7. The molecule has 0 N–H and O–H groups in total. The molecule has 0 atom stereocenters. The summed E-state index contributed by atoms with van der Waals surface area (Å²) in [7, 11) is 0. The Hall–Kier alpha value is -0.880. The smallest absolute Gasteiger partial charge is 0.355 e. The summed E-state index contributed by atoms with van der Waals surface area (Å²) < 4.78 is 6.96. The molecule has 16 heavy (non-hydrogen) atoms. The predicted molar refractivity (Wildman–Crippen MR) is 67.4 cm³/mol. The van der Waals surface area contributed by atoms with Crippen LogP contribution in [-0.2, 0) is 11.3 Å². The molecule has 2 rings (SSSR count). The normalized spacial score (nSPS) is 10.9. The van der Waals surface area contributed by atoms with E-state index < -0.39 is 0 Å². The first-order valence-electron chi connectivity index (χ1n) is 4.93. The molecule has 4 nitrogen and oxygen atoms in total. The summed E-state index contributed by atoms with van der Waals surface area (Å²) in [6, 6.07) is 1.78. The molecule has 0 bridgehead atoms. The minimum Gasteiger partial charge on any atom is -0.461 e. The first-order valence-corrected chi connectivity index (χ1v) is 6.93. The fourth-order valence-corrected chi connectivity index (χ4v) is 2.72. The molecule has 0 aliphatic rings. The Labute approximate surface area is 105 Å². The zero-order valence-electron chi connectivity index (χ0n) is 8.77. The van der Waals surface area contributed by atoms with Crippen LogP contribution in [0.2, 0.25) is 0 Å². The standard InChI is InChI=1S/C10H11BrN2O2S/c1-2-15-10(14)8-5-7-9(16-6-12-7)13(8)4-3-11/h5-6H,2-4H2,1H3. The number of hydrogen-bond donors (Lipinski definition) is 0. The highest BCUT2D eigenvalue weighted by molar-refractivity contribution is 9.09. The zero-order chi connectivity index (χ0) is 11.5. The molecule has 2 heterocycles. The summed E-state index contributed by atoms with van der Waals surface area (Å²) in [4.78, 5) is 16.9. The second kappa shape index (κ2) is 4.97. The number of rotatable bonds is 4. The van der Waals surface area contributed by atoms with E-state index >= 15 is 0 Å². The first kappa shape index (κ1) is 11.6. The van der Waals surface area contributed by atoms with Gasteiger partial charge in [-0.2, -0.15) is 0 Å². The number of carbonyl (C=O) groups is 1. The number of thiazole rings is 1. The van der Waals surface area contributed by atoms with Crippen LogP contribution in [0.4, 0.5) is 0 Å². The molecule has 2 aromatic rings. The van der Waals surface area contributed by atoms with Gasteiger partial charge in [-0.05, 0) is 13.0 Å². The average molecular weight is 303 g/mol. The third-order valence-corrected chi connectivity index (χ3v) is 3.40. The van der Waals surface area contributed by atoms with Crippen LogP contribution >= 0.6 is 27.3 Å². The number of fused-ring (bicyclic) bond motifs is 1. The lowest BCUT2D eigenvalue weighted by molar-refractivity contribution is 0.0515. The Morgan fingerprint density at radius 2 is 2.50 bits per heavy atom. The number of halogens is 1. The van der Waals surface area contributed by atoms with Gasteiger partial charge >= 0.3 is 5.97 Å². The Bertz CT molecular complexity index is 506. The minimum atomic E-state index is -0.284. The van der Waals surface area contributed by atoms with Crippen LogP contribution in [0.5, 0.6) is 0 Å². The third-order valence-electron chi connectivity index (χ3n) is 2.18.